The zero-order chi connectivity index (χ0) is 14.9. The van der Waals surface area contributed by atoms with Crippen molar-refractivity contribution in [2.75, 3.05) is 5.32 Å². The Labute approximate surface area is 133 Å². The van der Waals surface area contributed by atoms with Gasteiger partial charge in [0, 0.05) is 4.47 Å². The lowest BCUT2D eigenvalue weighted by Crippen LogP contribution is -2.14. The zero-order valence-corrected chi connectivity index (χ0v) is 13.0. The van der Waals surface area contributed by atoms with Crippen LogP contribution in [0.1, 0.15) is 5.56 Å². The topological polar surface area (TPSA) is 38.0 Å². The Morgan fingerprint density at radius 1 is 1.30 bits per heavy atom. The van der Waals surface area contributed by atoms with Crippen LogP contribution in [0.15, 0.2) is 34.8 Å². The van der Waals surface area contributed by atoms with Crippen LogP contribution in [0.25, 0.3) is 0 Å². The maximum atomic E-state index is 13.8. The first-order valence-corrected chi connectivity index (χ1v) is 6.98. The van der Waals surface area contributed by atoms with Gasteiger partial charge in [0.25, 0.3) is 0 Å². The molecule has 2 aromatic rings. The molecular weight excluding hydrogens is 370 g/mol. The molecule has 0 atom stereocenters. The Morgan fingerprint density at radius 2 is 2.00 bits per heavy atom. The number of halogens is 4. The summed E-state index contributed by atoms with van der Waals surface area (Å²) >= 11 is 14.0. The predicted octanol–water partition coefficient (Wildman–Crippen LogP) is 4.76. The average molecular weight is 378 g/mol. The Balaban J connectivity index is 2.51. The minimum absolute atomic E-state index is 0.0785. The van der Waals surface area contributed by atoms with Crippen molar-refractivity contribution < 1.29 is 8.78 Å². The SMILES string of the molecule is NC(=S)c1c(F)cccc1Nc1c(Cl)cc(F)cc1Br. The van der Waals surface area contributed by atoms with Crippen LogP contribution in [0.3, 0.4) is 0 Å². The van der Waals surface area contributed by atoms with E-state index in [0.717, 1.165) is 6.07 Å². The van der Waals surface area contributed by atoms with Crippen LogP contribution in [-0.2, 0) is 0 Å². The lowest BCUT2D eigenvalue weighted by atomic mass is 10.1. The first kappa shape index (κ1) is 15.2. The molecule has 0 saturated carbocycles. The number of anilines is 2. The van der Waals surface area contributed by atoms with Gasteiger partial charge in [0.05, 0.1) is 22.0 Å². The van der Waals surface area contributed by atoms with Crippen LogP contribution < -0.4 is 11.1 Å². The third kappa shape index (κ3) is 3.08. The molecule has 0 radical (unpaired) electrons. The summed E-state index contributed by atoms with van der Waals surface area (Å²) in [6, 6.07) is 6.75. The summed E-state index contributed by atoms with van der Waals surface area (Å²) in [5.74, 6) is -1.03. The molecule has 0 fully saturated rings. The van der Waals surface area contributed by atoms with E-state index in [9.17, 15) is 8.78 Å². The second kappa shape index (κ2) is 6.03. The highest BCUT2D eigenvalue weighted by atomic mass is 79.9. The molecule has 2 aromatic carbocycles. The van der Waals surface area contributed by atoms with E-state index >= 15 is 0 Å². The van der Waals surface area contributed by atoms with Gasteiger partial charge in [-0.2, -0.15) is 0 Å². The molecule has 0 bridgehead atoms. The van der Waals surface area contributed by atoms with Gasteiger partial charge < -0.3 is 11.1 Å². The number of hydrogen-bond donors (Lipinski definition) is 2. The maximum absolute atomic E-state index is 13.8. The number of hydrogen-bond acceptors (Lipinski definition) is 2. The molecule has 0 spiro atoms. The zero-order valence-electron chi connectivity index (χ0n) is 9.88. The number of rotatable bonds is 3. The molecule has 3 N–H and O–H groups in total. The lowest BCUT2D eigenvalue weighted by molar-refractivity contribution is 0.625. The Morgan fingerprint density at radius 3 is 2.60 bits per heavy atom. The highest BCUT2D eigenvalue weighted by molar-refractivity contribution is 9.10. The number of benzene rings is 2. The minimum Gasteiger partial charge on any atom is -0.389 e. The van der Waals surface area contributed by atoms with Crippen LogP contribution in [0.5, 0.6) is 0 Å². The van der Waals surface area contributed by atoms with Crippen LogP contribution in [0, 0.1) is 11.6 Å². The smallest absolute Gasteiger partial charge is 0.135 e. The first-order valence-electron chi connectivity index (χ1n) is 5.40. The first-order chi connectivity index (χ1) is 9.40. The lowest BCUT2D eigenvalue weighted by Gasteiger charge is -2.14. The van der Waals surface area contributed by atoms with Gasteiger partial charge in [-0.25, -0.2) is 8.78 Å². The van der Waals surface area contributed by atoms with Gasteiger partial charge in [-0.3, -0.25) is 0 Å². The summed E-state index contributed by atoms with van der Waals surface area (Å²) in [4.78, 5) is -0.0834. The summed E-state index contributed by atoms with van der Waals surface area (Å²) in [6.45, 7) is 0. The minimum atomic E-state index is -0.545. The van der Waals surface area contributed by atoms with Gasteiger partial charge in [-0.1, -0.05) is 29.9 Å². The van der Waals surface area contributed by atoms with E-state index < -0.39 is 11.6 Å². The van der Waals surface area contributed by atoms with Gasteiger partial charge in [0.15, 0.2) is 0 Å². The summed E-state index contributed by atoms with van der Waals surface area (Å²) in [7, 11) is 0. The van der Waals surface area contributed by atoms with Crippen LogP contribution in [-0.4, -0.2) is 4.99 Å². The van der Waals surface area contributed by atoms with Gasteiger partial charge >= 0.3 is 0 Å². The molecule has 0 aliphatic rings. The van der Waals surface area contributed by atoms with Crippen molar-refractivity contribution in [3.8, 4) is 0 Å². The normalized spacial score (nSPS) is 10.4. The Hall–Kier alpha value is -1.24. The molecular formula is C13H8BrClF2N2S. The molecule has 0 heterocycles. The van der Waals surface area contributed by atoms with Gasteiger partial charge in [0.1, 0.15) is 16.6 Å². The molecule has 0 aliphatic carbocycles. The second-order valence-electron chi connectivity index (χ2n) is 3.90. The van der Waals surface area contributed by atoms with Crippen molar-refractivity contribution >= 4 is 56.1 Å². The third-order valence-corrected chi connectivity index (χ3v) is 3.65. The average Bonchev–Trinajstić information content (AvgIpc) is 2.33. The van der Waals surface area contributed by atoms with Crippen molar-refractivity contribution in [1.29, 1.82) is 0 Å². The third-order valence-electron chi connectivity index (χ3n) is 2.53. The second-order valence-corrected chi connectivity index (χ2v) is 5.60. The van der Waals surface area contributed by atoms with Gasteiger partial charge in [-0.15, -0.1) is 0 Å². The summed E-state index contributed by atoms with van der Waals surface area (Å²) in [6.07, 6.45) is 0. The van der Waals surface area contributed by atoms with Crippen LogP contribution in [0.2, 0.25) is 5.02 Å². The quantitative estimate of drug-likeness (QED) is 0.758. The largest absolute Gasteiger partial charge is 0.389 e. The fraction of sp³-hybridized carbons (Fsp3) is 0. The predicted molar refractivity (Wildman–Crippen MR) is 84.7 cm³/mol. The molecule has 0 aliphatic heterocycles. The van der Waals surface area contributed by atoms with Crippen molar-refractivity contribution in [1.82, 2.24) is 0 Å². The molecule has 20 heavy (non-hydrogen) atoms. The van der Waals surface area contributed by atoms with E-state index in [2.05, 4.69) is 21.2 Å². The van der Waals surface area contributed by atoms with E-state index in [-0.39, 0.29) is 15.6 Å². The fourth-order valence-electron chi connectivity index (χ4n) is 1.68. The highest BCUT2D eigenvalue weighted by Crippen LogP contribution is 2.35. The van der Waals surface area contributed by atoms with E-state index in [1.807, 2.05) is 0 Å². The highest BCUT2D eigenvalue weighted by Gasteiger charge is 2.14. The van der Waals surface area contributed by atoms with Crippen molar-refractivity contribution in [3.05, 3.63) is 57.0 Å². The Kier molecular flexibility index (Phi) is 4.57. The standard InChI is InChI=1S/C13H8BrClF2N2S/c14-7-4-6(16)5-8(15)12(7)19-10-3-1-2-9(17)11(10)13(18)20/h1-5,19H,(H2,18,20). The molecule has 104 valence electrons. The monoisotopic (exact) mass is 376 g/mol. The number of nitrogens with two attached hydrogens (primary N) is 1. The molecule has 0 aromatic heterocycles. The van der Waals surface area contributed by atoms with E-state index in [0.29, 0.717) is 15.8 Å². The molecule has 7 heteroatoms. The van der Waals surface area contributed by atoms with E-state index in [1.54, 1.807) is 6.07 Å². The summed E-state index contributed by atoms with van der Waals surface area (Å²) in [5, 5.41) is 3.05. The van der Waals surface area contributed by atoms with Crippen molar-refractivity contribution in [2.45, 2.75) is 0 Å². The van der Waals surface area contributed by atoms with Crippen LogP contribution >= 0.6 is 39.7 Å². The van der Waals surface area contributed by atoms with E-state index in [4.69, 9.17) is 29.6 Å². The Bertz CT molecular complexity index is 671. The van der Waals surface area contributed by atoms with Crippen LogP contribution in [0.4, 0.5) is 20.2 Å². The summed E-state index contributed by atoms with van der Waals surface area (Å²) in [5.41, 5.74) is 6.35. The fourth-order valence-corrected chi connectivity index (χ4v) is 2.78. The van der Waals surface area contributed by atoms with Crippen molar-refractivity contribution in [2.24, 2.45) is 5.73 Å². The van der Waals surface area contributed by atoms with Gasteiger partial charge in [-0.05, 0) is 40.2 Å². The van der Waals surface area contributed by atoms with Crippen molar-refractivity contribution in [3.63, 3.8) is 0 Å². The molecule has 0 unspecified atom stereocenters. The maximum Gasteiger partial charge on any atom is 0.135 e. The molecule has 0 saturated heterocycles. The molecule has 0 amide bonds. The number of nitrogens with one attached hydrogen (secondary N) is 1. The van der Waals surface area contributed by atoms with E-state index in [1.165, 1.54) is 18.2 Å². The molecule has 2 nitrogen and oxygen atoms in total. The number of thiocarbonyl (C=S) groups is 1. The molecule has 2 rings (SSSR count). The summed E-state index contributed by atoms with van der Waals surface area (Å²) < 4.78 is 27.3. The van der Waals surface area contributed by atoms with Gasteiger partial charge in [0.2, 0.25) is 0 Å².